The van der Waals surface area contributed by atoms with Crippen LogP contribution in [-0.4, -0.2) is 74.3 Å². The second kappa shape index (κ2) is 9.13. The Balaban J connectivity index is 1.44. The molecule has 2 aliphatic rings. The molecular formula is C18H28N6O4. The summed E-state index contributed by atoms with van der Waals surface area (Å²) >= 11 is 0. The fraction of sp³-hybridized carbons (Fsp3) is 0.722. The maximum absolute atomic E-state index is 12.5. The molecule has 0 spiro atoms. The topological polar surface area (TPSA) is 129 Å². The van der Waals surface area contributed by atoms with Crippen LogP contribution in [0.5, 0.6) is 0 Å². The number of carbonyl (C=O) groups excluding carboxylic acids is 3. The van der Waals surface area contributed by atoms with Crippen LogP contribution in [0.25, 0.3) is 0 Å². The lowest BCUT2D eigenvalue weighted by molar-refractivity contribution is -0.134. The molecule has 0 aromatic carbocycles. The average Bonchev–Trinajstić information content (AvgIpc) is 3.25. The predicted octanol–water partition coefficient (Wildman–Crippen LogP) is -1.26. The summed E-state index contributed by atoms with van der Waals surface area (Å²) in [7, 11) is 1.80. The van der Waals surface area contributed by atoms with Crippen molar-refractivity contribution >= 4 is 17.7 Å². The summed E-state index contributed by atoms with van der Waals surface area (Å²) in [6, 6.07) is -0.478. The van der Waals surface area contributed by atoms with Gasteiger partial charge in [0.1, 0.15) is 12.2 Å². The van der Waals surface area contributed by atoms with E-state index in [9.17, 15) is 19.5 Å². The van der Waals surface area contributed by atoms with Crippen LogP contribution in [0.1, 0.15) is 37.9 Å². The van der Waals surface area contributed by atoms with Gasteiger partial charge in [-0.1, -0.05) is 0 Å². The Bertz CT molecular complexity index is 721. The quantitative estimate of drug-likeness (QED) is 0.531. The van der Waals surface area contributed by atoms with Gasteiger partial charge >= 0.3 is 0 Å². The van der Waals surface area contributed by atoms with Crippen molar-refractivity contribution in [2.45, 2.75) is 50.7 Å². The van der Waals surface area contributed by atoms with E-state index in [-0.39, 0.29) is 30.2 Å². The van der Waals surface area contributed by atoms with Gasteiger partial charge in [-0.15, -0.1) is 0 Å². The summed E-state index contributed by atoms with van der Waals surface area (Å²) in [4.78, 5) is 42.0. The number of nitrogens with one attached hydrogen (secondary N) is 2. The number of hydrogen-bond acceptors (Lipinski definition) is 6. The molecule has 1 aromatic heterocycles. The number of nitrogens with zero attached hydrogens (tertiary/aromatic N) is 4. The summed E-state index contributed by atoms with van der Waals surface area (Å²) < 4.78 is 1.67. The summed E-state index contributed by atoms with van der Waals surface area (Å²) in [6.45, 7) is 1.06. The number of amides is 3. The highest BCUT2D eigenvalue weighted by atomic mass is 16.3. The molecule has 1 aliphatic heterocycles. The van der Waals surface area contributed by atoms with Crippen molar-refractivity contribution in [3.05, 3.63) is 12.2 Å². The Morgan fingerprint density at radius 2 is 2.18 bits per heavy atom. The molecule has 0 unspecified atom stereocenters. The molecule has 10 nitrogen and oxygen atoms in total. The van der Waals surface area contributed by atoms with Crippen LogP contribution in [0.4, 0.5) is 0 Å². The molecule has 1 saturated carbocycles. The monoisotopic (exact) mass is 392 g/mol. The molecule has 3 N–H and O–H groups in total. The van der Waals surface area contributed by atoms with E-state index < -0.39 is 12.1 Å². The Morgan fingerprint density at radius 3 is 2.86 bits per heavy atom. The minimum Gasteiger partial charge on any atom is -0.391 e. The summed E-state index contributed by atoms with van der Waals surface area (Å²) in [5, 5.41) is 19.9. The Labute approximate surface area is 163 Å². The highest BCUT2D eigenvalue weighted by Gasteiger charge is 2.34. The SMILES string of the molecule is Cn1ncnc1CCNC(=O)[C@H]1CC[C@@H](O)[C@H](NC(=O)CN2CCCC2=O)C1. The second-order valence-electron chi connectivity index (χ2n) is 7.51. The lowest BCUT2D eigenvalue weighted by Crippen LogP contribution is -2.51. The molecule has 1 aliphatic carbocycles. The number of rotatable bonds is 7. The molecule has 3 rings (SSSR count). The van der Waals surface area contributed by atoms with Gasteiger partial charge in [-0.2, -0.15) is 5.10 Å². The minimum atomic E-state index is -0.680. The van der Waals surface area contributed by atoms with Crippen LogP contribution in [0.2, 0.25) is 0 Å². The molecule has 0 radical (unpaired) electrons. The largest absolute Gasteiger partial charge is 0.391 e. The van der Waals surface area contributed by atoms with Gasteiger partial charge in [-0.3, -0.25) is 19.1 Å². The smallest absolute Gasteiger partial charge is 0.239 e. The minimum absolute atomic E-state index is 0.0105. The van der Waals surface area contributed by atoms with E-state index in [2.05, 4.69) is 20.7 Å². The fourth-order valence-electron chi connectivity index (χ4n) is 3.83. The molecule has 3 atom stereocenters. The Morgan fingerprint density at radius 1 is 1.36 bits per heavy atom. The van der Waals surface area contributed by atoms with Gasteiger partial charge in [0.25, 0.3) is 0 Å². The van der Waals surface area contributed by atoms with Gasteiger partial charge in [0.2, 0.25) is 17.7 Å². The molecule has 2 heterocycles. The molecule has 10 heteroatoms. The van der Waals surface area contributed by atoms with Crippen LogP contribution in [0.3, 0.4) is 0 Å². The van der Waals surface area contributed by atoms with Gasteiger partial charge in [-0.25, -0.2) is 4.98 Å². The number of carbonyl (C=O) groups is 3. The van der Waals surface area contributed by atoms with Gasteiger partial charge in [0.05, 0.1) is 18.7 Å². The summed E-state index contributed by atoms with van der Waals surface area (Å²) in [6.07, 6.45) is 4.05. The fourth-order valence-corrected chi connectivity index (χ4v) is 3.83. The molecule has 1 saturated heterocycles. The number of likely N-dealkylation sites (tertiary alicyclic amines) is 1. The van der Waals surface area contributed by atoms with Gasteiger partial charge < -0.3 is 20.6 Å². The zero-order valence-electron chi connectivity index (χ0n) is 16.1. The van der Waals surface area contributed by atoms with Crippen molar-refractivity contribution in [1.82, 2.24) is 30.3 Å². The van der Waals surface area contributed by atoms with Crippen molar-refractivity contribution in [3.8, 4) is 0 Å². The molecule has 3 amide bonds. The van der Waals surface area contributed by atoms with Crippen molar-refractivity contribution in [1.29, 1.82) is 0 Å². The Hall–Kier alpha value is -2.49. The van der Waals surface area contributed by atoms with Gasteiger partial charge in [0, 0.05) is 38.9 Å². The van der Waals surface area contributed by atoms with Crippen LogP contribution in [0, 0.1) is 5.92 Å². The third-order valence-corrected chi connectivity index (χ3v) is 5.49. The van der Waals surface area contributed by atoms with Crippen LogP contribution < -0.4 is 10.6 Å². The number of hydrogen-bond donors (Lipinski definition) is 3. The van der Waals surface area contributed by atoms with Crippen molar-refractivity contribution in [3.63, 3.8) is 0 Å². The van der Waals surface area contributed by atoms with Gasteiger partial charge in [0.15, 0.2) is 0 Å². The first-order valence-corrected chi connectivity index (χ1v) is 9.80. The van der Waals surface area contributed by atoms with Crippen molar-refractivity contribution in [2.75, 3.05) is 19.6 Å². The normalized spacial score (nSPS) is 25.0. The third kappa shape index (κ3) is 5.06. The number of aliphatic hydroxyl groups excluding tert-OH is 1. The van der Waals surface area contributed by atoms with E-state index in [0.29, 0.717) is 45.2 Å². The van der Waals surface area contributed by atoms with E-state index in [0.717, 1.165) is 12.2 Å². The molecular weight excluding hydrogens is 364 g/mol. The summed E-state index contributed by atoms with van der Waals surface area (Å²) in [5.41, 5.74) is 0. The predicted molar refractivity (Wildman–Crippen MR) is 98.8 cm³/mol. The van der Waals surface area contributed by atoms with E-state index >= 15 is 0 Å². The van der Waals surface area contributed by atoms with E-state index in [1.807, 2.05) is 0 Å². The lowest BCUT2D eigenvalue weighted by atomic mass is 9.83. The highest BCUT2D eigenvalue weighted by molar-refractivity contribution is 5.86. The first-order chi connectivity index (χ1) is 13.4. The maximum Gasteiger partial charge on any atom is 0.239 e. The van der Waals surface area contributed by atoms with E-state index in [1.165, 1.54) is 11.2 Å². The van der Waals surface area contributed by atoms with Crippen molar-refractivity contribution in [2.24, 2.45) is 13.0 Å². The highest BCUT2D eigenvalue weighted by Crippen LogP contribution is 2.25. The second-order valence-corrected chi connectivity index (χ2v) is 7.51. The number of aliphatic hydroxyl groups is 1. The Kier molecular flexibility index (Phi) is 6.61. The molecule has 1 aromatic rings. The molecule has 2 fully saturated rings. The maximum atomic E-state index is 12.5. The van der Waals surface area contributed by atoms with Crippen LogP contribution >= 0.6 is 0 Å². The first-order valence-electron chi connectivity index (χ1n) is 9.80. The number of aryl methyl sites for hydroxylation is 1. The summed E-state index contributed by atoms with van der Waals surface area (Å²) in [5.74, 6) is 0.146. The standard InChI is InChI=1S/C18H28N6O4/c1-23-15(20-11-21-23)6-7-19-18(28)12-4-5-14(25)13(9-12)22-16(26)10-24-8-2-3-17(24)27/h11-14,25H,2-10H2,1H3,(H,19,28)(H,22,26)/t12-,13+,14+/m0/s1. The molecule has 0 bridgehead atoms. The van der Waals surface area contributed by atoms with Gasteiger partial charge in [-0.05, 0) is 25.7 Å². The molecule has 154 valence electrons. The average molecular weight is 392 g/mol. The van der Waals surface area contributed by atoms with E-state index in [4.69, 9.17) is 0 Å². The lowest BCUT2D eigenvalue weighted by Gasteiger charge is -2.33. The first kappa shape index (κ1) is 20.2. The third-order valence-electron chi connectivity index (χ3n) is 5.49. The van der Waals surface area contributed by atoms with Crippen LogP contribution in [0.15, 0.2) is 6.33 Å². The van der Waals surface area contributed by atoms with Crippen LogP contribution in [-0.2, 0) is 27.9 Å². The van der Waals surface area contributed by atoms with Crippen molar-refractivity contribution < 1.29 is 19.5 Å². The van der Waals surface area contributed by atoms with E-state index in [1.54, 1.807) is 11.7 Å². The molecule has 28 heavy (non-hydrogen) atoms. The zero-order chi connectivity index (χ0) is 20.1. The number of aromatic nitrogens is 3. The zero-order valence-corrected chi connectivity index (χ0v) is 16.1.